The Hall–Kier alpha value is -0.730. The first kappa shape index (κ1) is 13.3. The SMILES string of the molecule is CCNC(c1ccc(OC)c(Cl)c1)C(C)C. The van der Waals surface area contributed by atoms with Crippen molar-refractivity contribution < 1.29 is 4.74 Å². The summed E-state index contributed by atoms with van der Waals surface area (Å²) >= 11 is 6.13. The van der Waals surface area contributed by atoms with Crippen LogP contribution in [0.1, 0.15) is 32.4 Å². The van der Waals surface area contributed by atoms with Gasteiger partial charge < -0.3 is 10.1 Å². The Bertz CT molecular complexity index is 339. The zero-order chi connectivity index (χ0) is 12.1. The van der Waals surface area contributed by atoms with E-state index < -0.39 is 0 Å². The summed E-state index contributed by atoms with van der Waals surface area (Å²) in [6.07, 6.45) is 0. The van der Waals surface area contributed by atoms with E-state index in [0.29, 0.717) is 17.0 Å². The molecule has 0 bridgehead atoms. The monoisotopic (exact) mass is 241 g/mol. The Labute approximate surface area is 103 Å². The van der Waals surface area contributed by atoms with Gasteiger partial charge in [-0.1, -0.05) is 38.4 Å². The molecule has 16 heavy (non-hydrogen) atoms. The van der Waals surface area contributed by atoms with Crippen molar-refractivity contribution in [3.8, 4) is 5.75 Å². The number of ether oxygens (including phenoxy) is 1. The van der Waals surface area contributed by atoms with E-state index in [4.69, 9.17) is 16.3 Å². The van der Waals surface area contributed by atoms with E-state index in [9.17, 15) is 0 Å². The summed E-state index contributed by atoms with van der Waals surface area (Å²) in [7, 11) is 1.63. The summed E-state index contributed by atoms with van der Waals surface area (Å²) in [5, 5.41) is 4.13. The van der Waals surface area contributed by atoms with Gasteiger partial charge in [-0.15, -0.1) is 0 Å². The molecule has 90 valence electrons. The summed E-state index contributed by atoms with van der Waals surface area (Å²) in [6, 6.07) is 6.31. The molecule has 0 amide bonds. The number of halogens is 1. The van der Waals surface area contributed by atoms with Gasteiger partial charge in [0.25, 0.3) is 0 Å². The minimum atomic E-state index is 0.341. The zero-order valence-corrected chi connectivity index (χ0v) is 11.1. The molecule has 0 saturated carbocycles. The number of methoxy groups -OCH3 is 1. The van der Waals surface area contributed by atoms with E-state index in [0.717, 1.165) is 12.3 Å². The summed E-state index contributed by atoms with van der Waals surface area (Å²) in [6.45, 7) is 7.46. The maximum atomic E-state index is 6.13. The van der Waals surface area contributed by atoms with Crippen molar-refractivity contribution in [2.24, 2.45) is 5.92 Å². The Morgan fingerprint density at radius 2 is 2.06 bits per heavy atom. The Morgan fingerprint density at radius 3 is 2.50 bits per heavy atom. The van der Waals surface area contributed by atoms with Gasteiger partial charge in [-0.2, -0.15) is 0 Å². The van der Waals surface area contributed by atoms with Crippen molar-refractivity contribution in [1.29, 1.82) is 0 Å². The minimum absolute atomic E-state index is 0.341. The summed E-state index contributed by atoms with van der Waals surface area (Å²) in [5.74, 6) is 1.26. The lowest BCUT2D eigenvalue weighted by Gasteiger charge is -2.22. The Balaban J connectivity index is 2.97. The van der Waals surface area contributed by atoms with Crippen LogP contribution in [0.3, 0.4) is 0 Å². The van der Waals surface area contributed by atoms with Gasteiger partial charge in [0.15, 0.2) is 0 Å². The molecule has 1 atom stereocenters. The van der Waals surface area contributed by atoms with Crippen LogP contribution in [-0.4, -0.2) is 13.7 Å². The highest BCUT2D eigenvalue weighted by molar-refractivity contribution is 6.32. The van der Waals surface area contributed by atoms with Crippen LogP contribution in [0.25, 0.3) is 0 Å². The van der Waals surface area contributed by atoms with Crippen LogP contribution < -0.4 is 10.1 Å². The fraction of sp³-hybridized carbons (Fsp3) is 0.538. The van der Waals surface area contributed by atoms with Gasteiger partial charge in [-0.3, -0.25) is 0 Å². The quantitative estimate of drug-likeness (QED) is 0.850. The molecule has 1 aromatic rings. The van der Waals surface area contributed by atoms with Gasteiger partial charge in [0.2, 0.25) is 0 Å². The van der Waals surface area contributed by atoms with Crippen LogP contribution in [0, 0.1) is 5.92 Å². The average molecular weight is 242 g/mol. The number of nitrogens with one attached hydrogen (secondary N) is 1. The predicted molar refractivity (Wildman–Crippen MR) is 69.3 cm³/mol. The zero-order valence-electron chi connectivity index (χ0n) is 10.4. The van der Waals surface area contributed by atoms with Crippen molar-refractivity contribution in [2.45, 2.75) is 26.8 Å². The third kappa shape index (κ3) is 3.13. The largest absolute Gasteiger partial charge is 0.495 e. The topological polar surface area (TPSA) is 21.3 Å². The van der Waals surface area contributed by atoms with Crippen molar-refractivity contribution in [3.63, 3.8) is 0 Å². The van der Waals surface area contributed by atoms with Gasteiger partial charge in [-0.25, -0.2) is 0 Å². The standard InChI is InChI=1S/C13H20ClNO/c1-5-15-13(9(2)3)10-6-7-12(16-4)11(14)8-10/h6-9,13,15H,5H2,1-4H3. The highest BCUT2D eigenvalue weighted by Gasteiger charge is 2.15. The van der Waals surface area contributed by atoms with Crippen LogP contribution in [-0.2, 0) is 0 Å². The molecule has 1 unspecified atom stereocenters. The maximum absolute atomic E-state index is 6.13. The summed E-state index contributed by atoms with van der Waals surface area (Å²) < 4.78 is 5.15. The van der Waals surface area contributed by atoms with Crippen LogP contribution in [0.2, 0.25) is 5.02 Å². The normalized spacial score (nSPS) is 12.9. The molecule has 1 N–H and O–H groups in total. The number of hydrogen-bond donors (Lipinski definition) is 1. The fourth-order valence-electron chi connectivity index (χ4n) is 1.83. The second-order valence-corrected chi connectivity index (χ2v) is 4.58. The summed E-state index contributed by atoms with van der Waals surface area (Å²) in [4.78, 5) is 0. The van der Waals surface area contributed by atoms with E-state index in [1.54, 1.807) is 7.11 Å². The molecule has 0 fully saturated rings. The lowest BCUT2D eigenvalue weighted by atomic mass is 9.96. The number of hydrogen-bond acceptors (Lipinski definition) is 2. The molecule has 0 heterocycles. The number of benzene rings is 1. The van der Waals surface area contributed by atoms with Crippen LogP contribution >= 0.6 is 11.6 Å². The van der Waals surface area contributed by atoms with Crippen LogP contribution in [0.5, 0.6) is 5.75 Å². The van der Waals surface area contributed by atoms with Crippen molar-refractivity contribution >= 4 is 11.6 Å². The molecular weight excluding hydrogens is 222 g/mol. The van der Waals surface area contributed by atoms with Gasteiger partial charge in [-0.05, 0) is 30.2 Å². The average Bonchev–Trinajstić information content (AvgIpc) is 2.25. The van der Waals surface area contributed by atoms with Crippen molar-refractivity contribution in [2.75, 3.05) is 13.7 Å². The van der Waals surface area contributed by atoms with E-state index in [1.807, 2.05) is 12.1 Å². The molecule has 0 spiro atoms. The molecule has 0 aromatic heterocycles. The van der Waals surface area contributed by atoms with Crippen LogP contribution in [0.15, 0.2) is 18.2 Å². The highest BCUT2D eigenvalue weighted by Crippen LogP contribution is 2.30. The van der Waals surface area contributed by atoms with Gasteiger partial charge >= 0.3 is 0 Å². The smallest absolute Gasteiger partial charge is 0.137 e. The molecule has 1 aromatic carbocycles. The van der Waals surface area contributed by atoms with Crippen molar-refractivity contribution in [1.82, 2.24) is 5.32 Å². The highest BCUT2D eigenvalue weighted by atomic mass is 35.5. The molecule has 0 saturated heterocycles. The predicted octanol–water partition coefficient (Wildman–Crippen LogP) is 3.66. The lowest BCUT2D eigenvalue weighted by Crippen LogP contribution is -2.25. The second kappa shape index (κ2) is 6.12. The lowest BCUT2D eigenvalue weighted by molar-refractivity contribution is 0.409. The first-order valence-electron chi connectivity index (χ1n) is 5.67. The molecule has 0 radical (unpaired) electrons. The first-order valence-corrected chi connectivity index (χ1v) is 6.04. The molecule has 0 aliphatic rings. The Kier molecular flexibility index (Phi) is 5.10. The number of rotatable bonds is 5. The first-order chi connectivity index (χ1) is 7.60. The molecule has 0 aliphatic carbocycles. The van der Waals surface area contributed by atoms with Gasteiger partial charge in [0.1, 0.15) is 5.75 Å². The van der Waals surface area contributed by atoms with E-state index in [1.165, 1.54) is 5.56 Å². The third-order valence-corrected chi connectivity index (χ3v) is 2.92. The van der Waals surface area contributed by atoms with Gasteiger partial charge in [0, 0.05) is 6.04 Å². The van der Waals surface area contributed by atoms with E-state index in [2.05, 4.69) is 32.2 Å². The summed E-state index contributed by atoms with van der Waals surface area (Å²) in [5.41, 5.74) is 1.21. The Morgan fingerprint density at radius 1 is 1.38 bits per heavy atom. The van der Waals surface area contributed by atoms with E-state index in [-0.39, 0.29) is 0 Å². The second-order valence-electron chi connectivity index (χ2n) is 4.17. The maximum Gasteiger partial charge on any atom is 0.137 e. The molecule has 1 rings (SSSR count). The fourth-order valence-corrected chi connectivity index (χ4v) is 2.10. The molecular formula is C13H20ClNO. The van der Waals surface area contributed by atoms with Crippen molar-refractivity contribution in [3.05, 3.63) is 28.8 Å². The van der Waals surface area contributed by atoms with Crippen LogP contribution in [0.4, 0.5) is 0 Å². The third-order valence-electron chi connectivity index (χ3n) is 2.63. The molecule has 3 heteroatoms. The molecule has 0 aliphatic heterocycles. The van der Waals surface area contributed by atoms with Gasteiger partial charge in [0.05, 0.1) is 12.1 Å². The molecule has 2 nitrogen and oxygen atoms in total. The minimum Gasteiger partial charge on any atom is -0.495 e. The van der Waals surface area contributed by atoms with E-state index >= 15 is 0 Å².